The predicted molar refractivity (Wildman–Crippen MR) is 94.9 cm³/mol. The minimum atomic E-state index is 0.447. The van der Waals surface area contributed by atoms with E-state index in [1.807, 2.05) is 30.3 Å². The van der Waals surface area contributed by atoms with E-state index in [-0.39, 0.29) is 0 Å². The Bertz CT molecular complexity index is 641. The smallest absolute Gasteiger partial charge is 0.133 e. The molecule has 0 fully saturated rings. The highest BCUT2D eigenvalue weighted by Crippen LogP contribution is 2.25. The molecule has 0 aliphatic carbocycles. The molecule has 2 aromatic rings. The molecule has 0 radical (unpaired) electrons. The summed E-state index contributed by atoms with van der Waals surface area (Å²) in [6, 6.07) is 13.6. The summed E-state index contributed by atoms with van der Waals surface area (Å²) >= 11 is 3.43. The maximum Gasteiger partial charge on any atom is 0.133 e. The zero-order chi connectivity index (χ0) is 16.5. The second kappa shape index (κ2) is 9.20. The van der Waals surface area contributed by atoms with Gasteiger partial charge in [0.15, 0.2) is 0 Å². The van der Waals surface area contributed by atoms with Gasteiger partial charge < -0.3 is 14.7 Å². The van der Waals surface area contributed by atoms with Gasteiger partial charge in [0.05, 0.1) is 10.7 Å². The zero-order valence-electron chi connectivity index (χ0n) is 13.0. The van der Waals surface area contributed by atoms with Gasteiger partial charge in [-0.15, -0.1) is 0 Å². The summed E-state index contributed by atoms with van der Waals surface area (Å²) in [4.78, 5) is 0. The van der Waals surface area contributed by atoms with Crippen molar-refractivity contribution in [3.05, 3.63) is 58.1 Å². The van der Waals surface area contributed by atoms with Gasteiger partial charge in [-0.2, -0.15) is 0 Å². The molecule has 23 heavy (non-hydrogen) atoms. The van der Waals surface area contributed by atoms with Crippen LogP contribution < -0.4 is 9.47 Å². The third-order valence-corrected chi connectivity index (χ3v) is 3.85. The Morgan fingerprint density at radius 3 is 2.48 bits per heavy atom. The first kappa shape index (κ1) is 17.3. The first-order valence-electron chi connectivity index (χ1n) is 7.54. The van der Waals surface area contributed by atoms with Crippen molar-refractivity contribution in [3.63, 3.8) is 0 Å². The Morgan fingerprint density at radius 1 is 1.09 bits per heavy atom. The Kier molecular flexibility index (Phi) is 6.94. The molecule has 0 amide bonds. The third-order valence-electron chi connectivity index (χ3n) is 3.23. The fraction of sp³-hybridized carbons (Fsp3) is 0.278. The first-order chi connectivity index (χ1) is 11.2. The lowest BCUT2D eigenvalue weighted by Gasteiger charge is -2.10. The molecule has 0 saturated heterocycles. The lowest BCUT2D eigenvalue weighted by Crippen LogP contribution is -2.09. The molecule has 0 unspecified atom stereocenters. The molecule has 122 valence electrons. The summed E-state index contributed by atoms with van der Waals surface area (Å²) in [6.45, 7) is 3.09. The van der Waals surface area contributed by atoms with Crippen molar-refractivity contribution in [1.82, 2.24) is 0 Å². The minimum absolute atomic E-state index is 0.447. The standard InChI is InChI=1S/C18H20BrNO3/c1-2-3-14-4-7-16(8-5-14)22-10-11-23-18-9-6-15(13-20-21)12-17(18)19/h4-9,12-13,21H,2-3,10-11H2,1H3. The van der Waals surface area contributed by atoms with Gasteiger partial charge in [0, 0.05) is 0 Å². The molecule has 0 aromatic heterocycles. The molecule has 4 nitrogen and oxygen atoms in total. The lowest BCUT2D eigenvalue weighted by molar-refractivity contribution is 0.216. The SMILES string of the molecule is CCCc1ccc(OCCOc2ccc(C=NO)cc2Br)cc1. The molecule has 1 N–H and O–H groups in total. The molecule has 0 saturated carbocycles. The number of halogens is 1. The van der Waals surface area contributed by atoms with Gasteiger partial charge in [-0.25, -0.2) is 0 Å². The minimum Gasteiger partial charge on any atom is -0.490 e. The molecule has 5 heteroatoms. The Hall–Kier alpha value is -2.01. The normalized spacial score (nSPS) is 10.9. The monoisotopic (exact) mass is 377 g/mol. The number of hydrogen-bond acceptors (Lipinski definition) is 4. The van der Waals surface area contributed by atoms with Crippen LogP contribution in [-0.4, -0.2) is 24.6 Å². The van der Waals surface area contributed by atoms with E-state index in [9.17, 15) is 0 Å². The third kappa shape index (κ3) is 5.60. The van der Waals surface area contributed by atoms with Gasteiger partial charge in [0.2, 0.25) is 0 Å². The van der Waals surface area contributed by atoms with Crippen molar-refractivity contribution < 1.29 is 14.7 Å². The van der Waals surface area contributed by atoms with Crippen molar-refractivity contribution in [2.75, 3.05) is 13.2 Å². The van der Waals surface area contributed by atoms with Crippen LogP contribution in [0.5, 0.6) is 11.5 Å². The fourth-order valence-corrected chi connectivity index (χ4v) is 2.64. The summed E-state index contributed by atoms with van der Waals surface area (Å²) in [7, 11) is 0. The fourth-order valence-electron chi connectivity index (χ4n) is 2.13. The van der Waals surface area contributed by atoms with Crippen LogP contribution >= 0.6 is 15.9 Å². The van der Waals surface area contributed by atoms with Gasteiger partial charge in [-0.05, 0) is 63.8 Å². The highest BCUT2D eigenvalue weighted by atomic mass is 79.9. The molecule has 0 bridgehead atoms. The van der Waals surface area contributed by atoms with Crippen LogP contribution in [0.3, 0.4) is 0 Å². The van der Waals surface area contributed by atoms with E-state index >= 15 is 0 Å². The average Bonchev–Trinajstić information content (AvgIpc) is 2.55. The number of oxime groups is 1. The van der Waals surface area contributed by atoms with E-state index in [4.69, 9.17) is 14.7 Å². The summed E-state index contributed by atoms with van der Waals surface area (Å²) in [5.74, 6) is 1.57. The highest BCUT2D eigenvalue weighted by Gasteiger charge is 2.02. The van der Waals surface area contributed by atoms with E-state index in [0.717, 1.165) is 34.4 Å². The number of ether oxygens (including phenoxy) is 2. The van der Waals surface area contributed by atoms with Crippen LogP contribution in [-0.2, 0) is 6.42 Å². The number of rotatable bonds is 8. The molecule has 0 aliphatic rings. The maximum atomic E-state index is 8.51. The highest BCUT2D eigenvalue weighted by molar-refractivity contribution is 9.10. The molecule has 2 rings (SSSR count). The predicted octanol–water partition coefficient (Wildman–Crippen LogP) is 4.67. The van der Waals surface area contributed by atoms with Crippen LogP contribution in [0.1, 0.15) is 24.5 Å². The average molecular weight is 378 g/mol. The first-order valence-corrected chi connectivity index (χ1v) is 8.33. The van der Waals surface area contributed by atoms with Crippen molar-refractivity contribution in [3.8, 4) is 11.5 Å². The summed E-state index contributed by atoms with van der Waals surface area (Å²) in [5.41, 5.74) is 2.11. The summed E-state index contributed by atoms with van der Waals surface area (Å²) < 4.78 is 12.1. The van der Waals surface area contributed by atoms with Crippen molar-refractivity contribution >= 4 is 22.1 Å². The van der Waals surface area contributed by atoms with E-state index in [1.54, 1.807) is 0 Å². The van der Waals surface area contributed by atoms with Crippen LogP contribution in [0, 0.1) is 0 Å². The Balaban J connectivity index is 1.78. The van der Waals surface area contributed by atoms with Crippen LogP contribution in [0.15, 0.2) is 52.1 Å². The van der Waals surface area contributed by atoms with Crippen LogP contribution in [0.4, 0.5) is 0 Å². The molecule has 0 atom stereocenters. The van der Waals surface area contributed by atoms with Crippen molar-refractivity contribution in [2.24, 2.45) is 5.16 Å². The number of nitrogens with zero attached hydrogens (tertiary/aromatic N) is 1. The van der Waals surface area contributed by atoms with E-state index in [2.05, 4.69) is 40.1 Å². The Morgan fingerprint density at radius 2 is 1.83 bits per heavy atom. The summed E-state index contributed by atoms with van der Waals surface area (Å²) in [6.07, 6.45) is 3.60. The van der Waals surface area contributed by atoms with E-state index in [0.29, 0.717) is 13.2 Å². The van der Waals surface area contributed by atoms with E-state index in [1.165, 1.54) is 11.8 Å². The zero-order valence-corrected chi connectivity index (χ0v) is 14.6. The second-order valence-electron chi connectivity index (χ2n) is 5.03. The van der Waals surface area contributed by atoms with Crippen LogP contribution in [0.25, 0.3) is 0 Å². The van der Waals surface area contributed by atoms with Crippen LogP contribution in [0.2, 0.25) is 0 Å². The van der Waals surface area contributed by atoms with Gasteiger partial charge >= 0.3 is 0 Å². The second-order valence-corrected chi connectivity index (χ2v) is 5.88. The maximum absolute atomic E-state index is 8.51. The molecule has 0 spiro atoms. The molecule has 2 aromatic carbocycles. The number of hydrogen-bond donors (Lipinski definition) is 1. The van der Waals surface area contributed by atoms with Gasteiger partial charge in [0.1, 0.15) is 24.7 Å². The molecule has 0 heterocycles. The molecular formula is C18H20BrNO3. The molecule has 0 aliphatic heterocycles. The van der Waals surface area contributed by atoms with Crippen molar-refractivity contribution in [2.45, 2.75) is 19.8 Å². The van der Waals surface area contributed by atoms with Gasteiger partial charge in [0.25, 0.3) is 0 Å². The van der Waals surface area contributed by atoms with Gasteiger partial charge in [-0.1, -0.05) is 30.6 Å². The van der Waals surface area contributed by atoms with Crippen molar-refractivity contribution in [1.29, 1.82) is 0 Å². The largest absolute Gasteiger partial charge is 0.490 e. The van der Waals surface area contributed by atoms with Gasteiger partial charge in [-0.3, -0.25) is 0 Å². The molecular weight excluding hydrogens is 358 g/mol. The number of aryl methyl sites for hydroxylation is 1. The number of benzene rings is 2. The Labute approximate surface area is 144 Å². The van der Waals surface area contributed by atoms with E-state index < -0.39 is 0 Å². The lowest BCUT2D eigenvalue weighted by atomic mass is 10.1. The summed E-state index contributed by atoms with van der Waals surface area (Å²) in [5, 5.41) is 11.5. The quantitative estimate of drug-likeness (QED) is 0.314. The topological polar surface area (TPSA) is 51.0 Å².